The third-order valence-electron chi connectivity index (χ3n) is 5.99. The van der Waals surface area contributed by atoms with Gasteiger partial charge >= 0.3 is 6.09 Å². The highest BCUT2D eigenvalue weighted by Gasteiger charge is 2.22. The Balaban J connectivity index is 1.55. The molecule has 164 valence electrons. The number of unbranched alkanes of at least 4 members (excludes halogenated alkanes) is 4. The quantitative estimate of drug-likeness (QED) is 0.304. The number of benzene rings is 1. The molecule has 2 heterocycles. The first-order valence-electron chi connectivity index (χ1n) is 11.5. The molecule has 1 fully saturated rings. The average Bonchev–Trinajstić information content (AvgIpc) is 3.17. The fraction of sp³-hybridized carbons (Fsp3) is 0.560. The Kier molecular flexibility index (Phi) is 9.22. The molecule has 1 amide bonds. The van der Waals surface area contributed by atoms with Crippen molar-refractivity contribution in [3.05, 3.63) is 41.8 Å². The van der Waals surface area contributed by atoms with E-state index in [-0.39, 0.29) is 6.09 Å². The molecule has 4 nitrogen and oxygen atoms in total. The normalized spacial score (nSPS) is 15.4. The van der Waals surface area contributed by atoms with Crippen molar-refractivity contribution < 1.29 is 9.53 Å². The standard InChI is InChI=1S/C25H36N2O2S/c1-3-5-7-9-17-29-25(28)26-21-10-11-24-22(18-21)23(19-30-24)20-12-15-27(16-13-20)14-8-6-4-2/h3,10-11,18-20H,1,4-9,12-17H2,2H3,(H,26,28). The van der Waals surface area contributed by atoms with E-state index < -0.39 is 0 Å². The van der Waals surface area contributed by atoms with Crippen LogP contribution in [0.3, 0.4) is 0 Å². The van der Waals surface area contributed by atoms with Crippen molar-refractivity contribution in [1.82, 2.24) is 4.90 Å². The Morgan fingerprint density at radius 3 is 2.87 bits per heavy atom. The van der Waals surface area contributed by atoms with Crippen molar-refractivity contribution in [2.24, 2.45) is 0 Å². The van der Waals surface area contributed by atoms with Crippen molar-refractivity contribution in [2.45, 2.75) is 64.2 Å². The van der Waals surface area contributed by atoms with Crippen molar-refractivity contribution >= 4 is 33.2 Å². The minimum absolute atomic E-state index is 0.370. The second-order valence-corrected chi connectivity index (χ2v) is 9.18. The Hall–Kier alpha value is -1.85. The summed E-state index contributed by atoms with van der Waals surface area (Å²) in [6.45, 7) is 10.1. The number of likely N-dealkylation sites (tertiary alicyclic amines) is 1. The second kappa shape index (κ2) is 12.1. The van der Waals surface area contributed by atoms with E-state index in [0.717, 1.165) is 24.9 Å². The molecule has 1 aliphatic heterocycles. The summed E-state index contributed by atoms with van der Waals surface area (Å²) in [6, 6.07) is 6.20. The van der Waals surface area contributed by atoms with E-state index in [2.05, 4.69) is 41.2 Å². The lowest BCUT2D eigenvalue weighted by atomic mass is 9.89. The fourth-order valence-electron chi connectivity index (χ4n) is 4.21. The molecule has 1 aliphatic rings. The zero-order valence-corrected chi connectivity index (χ0v) is 19.1. The summed E-state index contributed by atoms with van der Waals surface area (Å²) in [4.78, 5) is 14.7. The number of thiophene rings is 1. The second-order valence-electron chi connectivity index (χ2n) is 8.27. The molecule has 0 bridgehead atoms. The first-order chi connectivity index (χ1) is 14.7. The topological polar surface area (TPSA) is 41.6 Å². The first kappa shape index (κ1) is 22.8. The summed E-state index contributed by atoms with van der Waals surface area (Å²) in [7, 11) is 0. The van der Waals surface area contributed by atoms with Gasteiger partial charge in [-0.2, -0.15) is 0 Å². The molecule has 0 radical (unpaired) electrons. The Morgan fingerprint density at radius 1 is 1.27 bits per heavy atom. The fourth-order valence-corrected chi connectivity index (χ4v) is 5.23. The number of nitrogens with zero attached hydrogens (tertiary/aromatic N) is 1. The van der Waals surface area contributed by atoms with E-state index >= 15 is 0 Å². The van der Waals surface area contributed by atoms with Gasteiger partial charge in [0.05, 0.1) is 6.61 Å². The zero-order valence-electron chi connectivity index (χ0n) is 18.3. The van der Waals surface area contributed by atoms with Crippen LogP contribution >= 0.6 is 11.3 Å². The van der Waals surface area contributed by atoms with Gasteiger partial charge in [0.15, 0.2) is 0 Å². The monoisotopic (exact) mass is 428 g/mol. The first-order valence-corrected chi connectivity index (χ1v) is 12.4. The van der Waals surface area contributed by atoms with E-state index in [1.54, 1.807) is 0 Å². The smallest absolute Gasteiger partial charge is 0.411 e. The maximum absolute atomic E-state index is 12.1. The van der Waals surface area contributed by atoms with Crippen LogP contribution in [0.5, 0.6) is 0 Å². The SMILES string of the molecule is C=CCCCCOC(=O)Nc1ccc2scc(C3CCN(CCCCC)CC3)c2c1. The van der Waals surface area contributed by atoms with Gasteiger partial charge in [0, 0.05) is 10.4 Å². The van der Waals surface area contributed by atoms with Gasteiger partial charge < -0.3 is 9.64 Å². The summed E-state index contributed by atoms with van der Waals surface area (Å²) >= 11 is 1.81. The van der Waals surface area contributed by atoms with Crippen LogP contribution in [-0.2, 0) is 4.74 Å². The maximum atomic E-state index is 12.1. The number of hydrogen-bond acceptors (Lipinski definition) is 4. The number of carbonyl (C=O) groups is 1. The lowest BCUT2D eigenvalue weighted by molar-refractivity contribution is 0.159. The summed E-state index contributed by atoms with van der Waals surface area (Å²) in [5, 5.41) is 6.50. The van der Waals surface area contributed by atoms with E-state index in [1.165, 1.54) is 67.4 Å². The lowest BCUT2D eigenvalue weighted by Gasteiger charge is -2.32. The van der Waals surface area contributed by atoms with Gasteiger partial charge in [-0.05, 0) is 98.6 Å². The van der Waals surface area contributed by atoms with Gasteiger partial charge in [0.25, 0.3) is 0 Å². The third-order valence-corrected chi connectivity index (χ3v) is 6.97. The predicted octanol–water partition coefficient (Wildman–Crippen LogP) is 7.18. The number of nitrogens with one attached hydrogen (secondary N) is 1. The van der Waals surface area contributed by atoms with Crippen molar-refractivity contribution in [1.29, 1.82) is 0 Å². The third kappa shape index (κ3) is 6.58. The molecule has 0 saturated carbocycles. The predicted molar refractivity (Wildman–Crippen MR) is 129 cm³/mol. The number of ether oxygens (including phenoxy) is 1. The summed E-state index contributed by atoms with van der Waals surface area (Å²) in [6.07, 6.45) is 10.7. The molecule has 1 saturated heterocycles. The van der Waals surface area contributed by atoms with E-state index in [0.29, 0.717) is 12.5 Å². The van der Waals surface area contributed by atoms with Crippen LogP contribution in [-0.4, -0.2) is 37.2 Å². The van der Waals surface area contributed by atoms with Crippen molar-refractivity contribution in [3.8, 4) is 0 Å². The largest absolute Gasteiger partial charge is 0.449 e. The number of amides is 1. The summed E-state index contributed by atoms with van der Waals surface area (Å²) in [5.74, 6) is 0.619. The van der Waals surface area contributed by atoms with Crippen molar-refractivity contribution in [2.75, 3.05) is 31.6 Å². The van der Waals surface area contributed by atoms with Crippen LogP contribution in [0.4, 0.5) is 10.5 Å². The van der Waals surface area contributed by atoms with Gasteiger partial charge in [-0.15, -0.1) is 17.9 Å². The van der Waals surface area contributed by atoms with Gasteiger partial charge in [-0.3, -0.25) is 5.32 Å². The van der Waals surface area contributed by atoms with Gasteiger partial charge in [0.1, 0.15) is 0 Å². The molecule has 0 unspecified atom stereocenters. The number of rotatable bonds is 11. The molecule has 0 aliphatic carbocycles. The molecular weight excluding hydrogens is 392 g/mol. The minimum atomic E-state index is -0.370. The maximum Gasteiger partial charge on any atom is 0.411 e. The minimum Gasteiger partial charge on any atom is -0.449 e. The molecule has 1 N–H and O–H groups in total. The molecular formula is C25H36N2O2S. The number of piperidine rings is 1. The summed E-state index contributed by atoms with van der Waals surface area (Å²) in [5.41, 5.74) is 2.26. The van der Waals surface area contributed by atoms with Crippen LogP contribution in [0.2, 0.25) is 0 Å². The Bertz CT molecular complexity index is 809. The van der Waals surface area contributed by atoms with Gasteiger partial charge in [-0.1, -0.05) is 25.8 Å². The van der Waals surface area contributed by atoms with Crippen LogP contribution in [0.1, 0.15) is 69.8 Å². The molecule has 0 atom stereocenters. The molecule has 3 rings (SSSR count). The molecule has 1 aromatic carbocycles. The molecule has 2 aromatic rings. The van der Waals surface area contributed by atoms with Crippen LogP contribution in [0, 0.1) is 0 Å². The Labute approximate surface area is 185 Å². The number of anilines is 1. The van der Waals surface area contributed by atoms with Crippen LogP contribution in [0.15, 0.2) is 36.2 Å². The molecule has 0 spiro atoms. The highest BCUT2D eigenvalue weighted by atomic mass is 32.1. The average molecular weight is 429 g/mol. The Morgan fingerprint density at radius 2 is 2.10 bits per heavy atom. The number of allylic oxidation sites excluding steroid dienone is 1. The van der Waals surface area contributed by atoms with Crippen LogP contribution in [0.25, 0.3) is 10.1 Å². The van der Waals surface area contributed by atoms with Crippen molar-refractivity contribution in [3.63, 3.8) is 0 Å². The van der Waals surface area contributed by atoms with E-state index in [9.17, 15) is 4.79 Å². The highest BCUT2D eigenvalue weighted by Crippen LogP contribution is 2.38. The number of fused-ring (bicyclic) bond motifs is 1. The highest BCUT2D eigenvalue weighted by molar-refractivity contribution is 7.17. The lowest BCUT2D eigenvalue weighted by Crippen LogP contribution is -2.33. The van der Waals surface area contributed by atoms with E-state index in [4.69, 9.17) is 4.74 Å². The molecule has 1 aromatic heterocycles. The molecule has 30 heavy (non-hydrogen) atoms. The molecule has 5 heteroatoms. The number of hydrogen-bond donors (Lipinski definition) is 1. The zero-order chi connectivity index (χ0) is 21.2. The summed E-state index contributed by atoms with van der Waals surface area (Å²) < 4.78 is 6.59. The van der Waals surface area contributed by atoms with Crippen LogP contribution < -0.4 is 5.32 Å². The van der Waals surface area contributed by atoms with Gasteiger partial charge in [-0.25, -0.2) is 4.79 Å². The number of carbonyl (C=O) groups excluding carboxylic acids is 1. The van der Waals surface area contributed by atoms with E-state index in [1.807, 2.05) is 23.5 Å². The van der Waals surface area contributed by atoms with Gasteiger partial charge in [0.2, 0.25) is 0 Å².